The molecule has 9 heteroatoms. The molecule has 1 aromatic carbocycles. The van der Waals surface area contributed by atoms with E-state index in [0.717, 1.165) is 25.7 Å². The first kappa shape index (κ1) is 19.8. The van der Waals surface area contributed by atoms with Crippen LogP contribution in [0.25, 0.3) is 0 Å². The lowest BCUT2D eigenvalue weighted by Crippen LogP contribution is -2.41. The topological polar surface area (TPSA) is 113 Å². The van der Waals surface area contributed by atoms with Gasteiger partial charge in [0.25, 0.3) is 17.5 Å². The maximum Gasteiger partial charge on any atom is 0.293 e. The number of nitrogens with one attached hydrogen (secondary N) is 3. The molecular formula is C19H22N4O4S. The summed E-state index contributed by atoms with van der Waals surface area (Å²) in [6, 6.07) is 5.98. The average molecular weight is 402 g/mol. The number of hydrogen-bond donors (Lipinski definition) is 3. The highest BCUT2D eigenvalue weighted by atomic mass is 32.1. The predicted octanol–water partition coefficient (Wildman–Crippen LogP) is 3.43. The molecule has 148 valence electrons. The SMILES string of the molecule is CNc1ccc(C(=O)NNC(=O)c2cc3c(s2)CCCCCC3)cc1[N+](=O)[O-]. The Balaban J connectivity index is 1.66. The highest BCUT2D eigenvalue weighted by molar-refractivity contribution is 7.14. The summed E-state index contributed by atoms with van der Waals surface area (Å²) in [7, 11) is 1.56. The minimum absolute atomic E-state index is 0.0875. The van der Waals surface area contributed by atoms with Crippen LogP contribution < -0.4 is 16.2 Å². The van der Waals surface area contributed by atoms with Crippen LogP contribution in [0.4, 0.5) is 11.4 Å². The number of fused-ring (bicyclic) bond motifs is 1. The number of anilines is 1. The Morgan fingerprint density at radius 1 is 1.04 bits per heavy atom. The first-order chi connectivity index (χ1) is 13.5. The summed E-state index contributed by atoms with van der Waals surface area (Å²) in [5, 5.41) is 13.8. The maximum absolute atomic E-state index is 12.4. The van der Waals surface area contributed by atoms with Gasteiger partial charge in [-0.15, -0.1) is 11.3 Å². The lowest BCUT2D eigenvalue weighted by molar-refractivity contribution is -0.384. The summed E-state index contributed by atoms with van der Waals surface area (Å²) in [5.41, 5.74) is 6.14. The van der Waals surface area contributed by atoms with Gasteiger partial charge in [0.05, 0.1) is 9.80 Å². The average Bonchev–Trinajstić information content (AvgIpc) is 3.07. The number of hydrazine groups is 1. The molecule has 8 nitrogen and oxygen atoms in total. The Hall–Kier alpha value is -2.94. The maximum atomic E-state index is 12.4. The lowest BCUT2D eigenvalue weighted by Gasteiger charge is -2.08. The Morgan fingerprint density at radius 2 is 1.75 bits per heavy atom. The van der Waals surface area contributed by atoms with Crippen molar-refractivity contribution >= 4 is 34.5 Å². The quantitative estimate of drug-likeness (QED) is 0.536. The monoisotopic (exact) mass is 402 g/mol. The number of carbonyl (C=O) groups excluding carboxylic acids is 2. The molecule has 28 heavy (non-hydrogen) atoms. The van der Waals surface area contributed by atoms with E-state index in [1.165, 1.54) is 52.8 Å². The van der Waals surface area contributed by atoms with Crippen molar-refractivity contribution in [2.75, 3.05) is 12.4 Å². The van der Waals surface area contributed by atoms with Gasteiger partial charge in [-0.3, -0.25) is 30.6 Å². The third-order valence-corrected chi connectivity index (χ3v) is 5.97. The first-order valence-corrected chi connectivity index (χ1v) is 9.99. The van der Waals surface area contributed by atoms with E-state index >= 15 is 0 Å². The summed E-state index contributed by atoms with van der Waals surface area (Å²) in [6.45, 7) is 0. The van der Waals surface area contributed by atoms with Crippen molar-refractivity contribution in [2.45, 2.75) is 38.5 Å². The highest BCUT2D eigenvalue weighted by Crippen LogP contribution is 2.28. The highest BCUT2D eigenvalue weighted by Gasteiger charge is 2.19. The van der Waals surface area contributed by atoms with Gasteiger partial charge in [0.1, 0.15) is 5.69 Å². The van der Waals surface area contributed by atoms with Crippen molar-refractivity contribution in [3.8, 4) is 0 Å². The summed E-state index contributed by atoms with van der Waals surface area (Å²) in [4.78, 5) is 37.0. The van der Waals surface area contributed by atoms with Crippen molar-refractivity contribution in [1.82, 2.24) is 10.9 Å². The molecule has 1 aliphatic rings. The van der Waals surface area contributed by atoms with Gasteiger partial charge in [0.2, 0.25) is 0 Å². The van der Waals surface area contributed by atoms with E-state index in [0.29, 0.717) is 10.6 Å². The van der Waals surface area contributed by atoms with Gasteiger partial charge in [-0.1, -0.05) is 12.8 Å². The molecule has 0 radical (unpaired) electrons. The number of carbonyl (C=O) groups is 2. The minimum Gasteiger partial charge on any atom is -0.383 e. The number of rotatable bonds is 4. The van der Waals surface area contributed by atoms with E-state index in [1.54, 1.807) is 7.05 Å². The van der Waals surface area contributed by atoms with Gasteiger partial charge in [-0.05, 0) is 49.4 Å². The number of nitrogens with zero attached hydrogens (tertiary/aromatic N) is 1. The van der Waals surface area contributed by atoms with Gasteiger partial charge >= 0.3 is 0 Å². The molecular weight excluding hydrogens is 380 g/mol. The lowest BCUT2D eigenvalue weighted by atomic mass is 10.00. The molecule has 2 aromatic rings. The van der Waals surface area contributed by atoms with Gasteiger partial charge in [0, 0.05) is 23.6 Å². The van der Waals surface area contributed by atoms with Crippen LogP contribution in [-0.4, -0.2) is 23.8 Å². The van der Waals surface area contributed by atoms with Crippen LogP contribution in [-0.2, 0) is 12.8 Å². The fourth-order valence-corrected chi connectivity index (χ4v) is 4.39. The van der Waals surface area contributed by atoms with Crippen LogP contribution in [0.15, 0.2) is 24.3 Å². The van der Waals surface area contributed by atoms with Crippen LogP contribution in [0.3, 0.4) is 0 Å². The normalized spacial score (nSPS) is 13.6. The smallest absolute Gasteiger partial charge is 0.293 e. The molecule has 0 fully saturated rings. The molecule has 3 rings (SSSR count). The van der Waals surface area contributed by atoms with E-state index in [-0.39, 0.29) is 17.2 Å². The molecule has 0 atom stereocenters. The minimum atomic E-state index is -0.617. The van der Waals surface area contributed by atoms with E-state index in [4.69, 9.17) is 0 Å². The second-order valence-corrected chi connectivity index (χ2v) is 7.76. The fourth-order valence-electron chi connectivity index (χ4n) is 3.24. The predicted molar refractivity (Wildman–Crippen MR) is 108 cm³/mol. The van der Waals surface area contributed by atoms with Crippen molar-refractivity contribution in [3.05, 3.63) is 55.3 Å². The molecule has 2 amide bonds. The zero-order chi connectivity index (χ0) is 20.1. The molecule has 0 saturated carbocycles. The van der Waals surface area contributed by atoms with Crippen molar-refractivity contribution < 1.29 is 14.5 Å². The number of thiophene rings is 1. The largest absolute Gasteiger partial charge is 0.383 e. The number of benzene rings is 1. The number of hydrogen-bond acceptors (Lipinski definition) is 6. The number of aryl methyl sites for hydroxylation is 2. The zero-order valence-electron chi connectivity index (χ0n) is 15.5. The summed E-state index contributed by atoms with van der Waals surface area (Å²) in [6.07, 6.45) is 6.66. The summed E-state index contributed by atoms with van der Waals surface area (Å²) >= 11 is 1.46. The Labute approximate surface area is 166 Å². The number of nitro benzene ring substituents is 1. The van der Waals surface area contributed by atoms with Crippen molar-refractivity contribution in [2.24, 2.45) is 0 Å². The van der Waals surface area contributed by atoms with E-state index in [9.17, 15) is 19.7 Å². The fraction of sp³-hybridized carbons (Fsp3) is 0.368. The van der Waals surface area contributed by atoms with Crippen LogP contribution in [0.5, 0.6) is 0 Å². The third kappa shape index (κ3) is 4.48. The van der Waals surface area contributed by atoms with Crippen molar-refractivity contribution in [1.29, 1.82) is 0 Å². The van der Waals surface area contributed by atoms with E-state index < -0.39 is 10.8 Å². The van der Waals surface area contributed by atoms with Gasteiger partial charge in [-0.25, -0.2) is 0 Å². The zero-order valence-corrected chi connectivity index (χ0v) is 16.4. The molecule has 0 spiro atoms. The Kier molecular flexibility index (Phi) is 6.25. The van der Waals surface area contributed by atoms with Gasteiger partial charge in [-0.2, -0.15) is 0 Å². The standard InChI is InChI=1S/C19H22N4O4S/c1-20-14-9-8-13(10-15(14)23(26)27)18(24)21-22-19(25)17-11-12-6-4-2-3-5-7-16(12)28-17/h8-11,20H,2-7H2,1H3,(H,21,24)(H,22,25). The first-order valence-electron chi connectivity index (χ1n) is 9.18. The van der Waals surface area contributed by atoms with Crippen LogP contribution in [0.2, 0.25) is 0 Å². The van der Waals surface area contributed by atoms with Gasteiger partial charge < -0.3 is 5.32 Å². The van der Waals surface area contributed by atoms with Crippen molar-refractivity contribution in [3.63, 3.8) is 0 Å². The van der Waals surface area contributed by atoms with Crippen LogP contribution >= 0.6 is 11.3 Å². The molecule has 0 saturated heterocycles. The van der Waals surface area contributed by atoms with E-state index in [1.807, 2.05) is 6.07 Å². The molecule has 0 unspecified atom stereocenters. The Bertz CT molecular complexity index is 884. The molecule has 1 aliphatic carbocycles. The second-order valence-electron chi connectivity index (χ2n) is 6.62. The van der Waals surface area contributed by atoms with Gasteiger partial charge in [0.15, 0.2) is 0 Å². The molecule has 0 aliphatic heterocycles. The third-order valence-electron chi connectivity index (χ3n) is 4.74. The van der Waals surface area contributed by atoms with Crippen LogP contribution in [0, 0.1) is 10.1 Å². The Morgan fingerprint density at radius 3 is 2.46 bits per heavy atom. The second kappa shape index (κ2) is 8.83. The number of nitro groups is 1. The summed E-state index contributed by atoms with van der Waals surface area (Å²) < 4.78 is 0. The summed E-state index contributed by atoms with van der Waals surface area (Å²) in [5.74, 6) is -1.000. The number of amides is 2. The molecule has 1 heterocycles. The van der Waals surface area contributed by atoms with E-state index in [2.05, 4.69) is 16.2 Å². The molecule has 1 aromatic heterocycles. The van der Waals surface area contributed by atoms with Crippen LogP contribution in [0.1, 0.15) is 56.2 Å². The molecule has 3 N–H and O–H groups in total. The molecule has 0 bridgehead atoms.